The van der Waals surface area contributed by atoms with E-state index < -0.39 is 0 Å². The second-order valence-electron chi connectivity index (χ2n) is 25.0. The van der Waals surface area contributed by atoms with E-state index in [0.717, 1.165) is 85.6 Å². The lowest BCUT2D eigenvalue weighted by molar-refractivity contribution is 0.0679. The van der Waals surface area contributed by atoms with Crippen molar-refractivity contribution in [3.63, 3.8) is 0 Å². The predicted octanol–water partition coefficient (Wildman–Crippen LogP) is 14.1. The number of nitrogen functional groups attached to an aromatic ring is 1. The number of hydrogen-bond donors (Lipinski definition) is 3. The first-order valence-corrected chi connectivity index (χ1v) is 30.5. The fourth-order valence-corrected chi connectivity index (χ4v) is 10.8. The van der Waals surface area contributed by atoms with Gasteiger partial charge in [-0.15, -0.1) is 4.99 Å². The number of amides is 4. The third-order valence-electron chi connectivity index (χ3n) is 16.2. The number of urea groups is 1. The topological polar surface area (TPSA) is 210 Å². The van der Waals surface area contributed by atoms with Gasteiger partial charge in [-0.2, -0.15) is 10.2 Å². The molecule has 2 saturated heterocycles. The number of aryl methyl sites for hydroxylation is 2. The lowest BCUT2D eigenvalue weighted by atomic mass is 9.90. The summed E-state index contributed by atoms with van der Waals surface area (Å²) in [6, 6.07) is 46.1. The number of benzene rings is 6. The van der Waals surface area contributed by atoms with E-state index in [4.69, 9.17) is 29.8 Å². The van der Waals surface area contributed by atoms with Crippen molar-refractivity contribution in [2.24, 2.45) is 16.8 Å². The Balaban J connectivity index is 0.000000195. The number of aromatic nitrogens is 4. The Kier molecular flexibility index (Phi) is 22.1. The van der Waals surface area contributed by atoms with E-state index >= 15 is 0 Å². The van der Waals surface area contributed by atoms with Crippen LogP contribution >= 0.6 is 0 Å². The van der Waals surface area contributed by atoms with Gasteiger partial charge in [0.05, 0.1) is 62.3 Å². The number of anilines is 3. The molecule has 10 rings (SSSR count). The van der Waals surface area contributed by atoms with Crippen LogP contribution in [0, 0.1) is 25.7 Å². The SMILES string of the molecule is COc1ccc(C(=O)N2CCC(Cc3ccc(N)cc3)CC2)c(OC)c1.COc1ccc(C(=O)N2CCC(Cc3ccc(NC(=O)Nc4cc(C(C)(C)C)nn4-c4ccc(C)cc4)cc3)CC2)c(OC)c1.Cc1ccc(-n2nc(C(C)(C)C)cc2N=C=O)cc1. The highest BCUT2D eigenvalue weighted by atomic mass is 16.5. The first-order chi connectivity index (χ1) is 43.0. The molecule has 4 heterocycles. The molecule has 0 spiro atoms. The third kappa shape index (κ3) is 17.6. The van der Waals surface area contributed by atoms with Crippen molar-refractivity contribution in [2.75, 3.05) is 71.0 Å². The van der Waals surface area contributed by atoms with Gasteiger partial charge in [-0.1, -0.05) is 101 Å². The summed E-state index contributed by atoms with van der Waals surface area (Å²) in [7, 11) is 6.33. The molecule has 2 fully saturated rings. The molecule has 0 bridgehead atoms. The van der Waals surface area contributed by atoms with Crippen molar-refractivity contribution in [3.05, 3.63) is 190 Å². The van der Waals surface area contributed by atoms with Crippen LogP contribution in [0.3, 0.4) is 0 Å². The van der Waals surface area contributed by atoms with Crippen LogP contribution in [-0.4, -0.2) is 108 Å². The van der Waals surface area contributed by atoms with Gasteiger partial charge in [0.1, 0.15) is 28.8 Å². The molecule has 18 heteroatoms. The van der Waals surface area contributed by atoms with Crippen LogP contribution in [0.4, 0.5) is 27.8 Å². The number of nitrogens with two attached hydrogens (primary N) is 1. The van der Waals surface area contributed by atoms with E-state index in [2.05, 4.69) is 86.5 Å². The Hall–Kier alpha value is -9.67. The molecule has 0 atom stereocenters. The number of methoxy groups -OCH3 is 4. The van der Waals surface area contributed by atoms with Crippen LogP contribution in [0.5, 0.6) is 23.0 Å². The maximum absolute atomic E-state index is 13.2. The summed E-state index contributed by atoms with van der Waals surface area (Å²) >= 11 is 0. The summed E-state index contributed by atoms with van der Waals surface area (Å²) < 4.78 is 24.7. The molecule has 6 aromatic carbocycles. The second-order valence-corrected chi connectivity index (χ2v) is 25.0. The van der Waals surface area contributed by atoms with E-state index in [-0.39, 0.29) is 28.7 Å². The van der Waals surface area contributed by atoms with Crippen LogP contribution in [0.2, 0.25) is 0 Å². The second kappa shape index (κ2) is 30.0. The Morgan fingerprint density at radius 2 is 0.967 bits per heavy atom. The summed E-state index contributed by atoms with van der Waals surface area (Å²) in [5.41, 5.74) is 16.5. The van der Waals surface area contributed by atoms with Gasteiger partial charge < -0.3 is 39.8 Å². The molecule has 2 aliphatic rings. The highest BCUT2D eigenvalue weighted by Gasteiger charge is 2.29. The zero-order valence-corrected chi connectivity index (χ0v) is 54.1. The van der Waals surface area contributed by atoms with E-state index in [9.17, 15) is 19.2 Å². The molecule has 2 aliphatic heterocycles. The van der Waals surface area contributed by atoms with Crippen molar-refractivity contribution in [1.82, 2.24) is 29.4 Å². The number of nitrogens with one attached hydrogen (secondary N) is 2. The Morgan fingerprint density at radius 3 is 1.39 bits per heavy atom. The maximum atomic E-state index is 13.2. The Morgan fingerprint density at radius 1 is 0.544 bits per heavy atom. The highest BCUT2D eigenvalue weighted by molar-refractivity contribution is 6.00. The fourth-order valence-electron chi connectivity index (χ4n) is 10.8. The van der Waals surface area contributed by atoms with Crippen molar-refractivity contribution in [1.29, 1.82) is 0 Å². The van der Waals surface area contributed by atoms with Crippen LogP contribution in [0.15, 0.2) is 151 Å². The normalized spacial score (nSPS) is 13.6. The Bertz CT molecular complexity index is 3750. The summed E-state index contributed by atoms with van der Waals surface area (Å²) in [6.07, 6.45) is 7.42. The predicted molar refractivity (Wildman–Crippen MR) is 355 cm³/mol. The number of aliphatic imine (C=N–C) groups is 1. The van der Waals surface area contributed by atoms with Gasteiger partial charge in [0.2, 0.25) is 6.08 Å². The molecule has 0 radical (unpaired) electrons. The van der Waals surface area contributed by atoms with E-state index in [1.807, 2.05) is 109 Å². The fraction of sp³-hybridized carbons (Fsp3) is 0.361. The van der Waals surface area contributed by atoms with Gasteiger partial charge in [0, 0.05) is 72.6 Å². The monoisotopic (exact) mass is 1220 g/mol. The molecule has 4 N–H and O–H groups in total. The number of piperidine rings is 2. The van der Waals surface area contributed by atoms with Crippen LogP contribution in [0.1, 0.15) is 122 Å². The largest absolute Gasteiger partial charge is 0.497 e. The van der Waals surface area contributed by atoms with Crippen molar-refractivity contribution in [2.45, 2.75) is 105 Å². The van der Waals surface area contributed by atoms with Crippen molar-refractivity contribution in [3.8, 4) is 34.4 Å². The first-order valence-electron chi connectivity index (χ1n) is 30.5. The zero-order valence-electron chi connectivity index (χ0n) is 54.1. The van der Waals surface area contributed by atoms with Crippen LogP contribution in [0.25, 0.3) is 11.4 Å². The molecule has 0 saturated carbocycles. The van der Waals surface area contributed by atoms with Crippen LogP contribution < -0.4 is 35.3 Å². The molecule has 8 aromatic rings. The molecule has 0 aliphatic carbocycles. The summed E-state index contributed by atoms with van der Waals surface area (Å²) in [5, 5.41) is 15.3. The van der Waals surface area contributed by atoms with Crippen molar-refractivity contribution >= 4 is 46.9 Å². The van der Waals surface area contributed by atoms with Crippen LogP contribution in [-0.2, 0) is 28.5 Å². The molecule has 0 unspecified atom stereocenters. The van der Waals surface area contributed by atoms with Crippen molar-refractivity contribution < 1.29 is 38.1 Å². The minimum Gasteiger partial charge on any atom is -0.497 e. The molecule has 18 nitrogen and oxygen atoms in total. The Labute approximate surface area is 529 Å². The minimum atomic E-state index is -0.331. The molecule has 90 heavy (non-hydrogen) atoms. The number of nitrogens with zero attached hydrogens (tertiary/aromatic N) is 7. The average molecular weight is 1220 g/mol. The van der Waals surface area contributed by atoms with E-state index in [1.54, 1.807) is 80.3 Å². The van der Waals surface area contributed by atoms with Gasteiger partial charge in [0.15, 0.2) is 5.82 Å². The lowest BCUT2D eigenvalue weighted by Crippen LogP contribution is -2.39. The van der Waals surface area contributed by atoms with E-state index in [1.165, 1.54) is 16.7 Å². The van der Waals surface area contributed by atoms with E-state index in [0.29, 0.717) is 76.4 Å². The standard InChI is InChI=1S/C36H43N5O4.C21H26N2O3.C15H17N3O/c1-24-7-13-28(14-8-24)41-33(23-32(39-41)36(2,3)4)38-35(43)37-27-11-9-25(10-12-27)21-26-17-19-40(20-18-26)34(42)30-16-15-29(44-5)22-31(30)45-6;1-25-18-7-8-19(20(14-18)26-2)21(24)23-11-9-16(10-12-23)13-15-3-5-17(22)6-4-15;1-11-5-7-12(8-6-11)18-14(16-10-19)9-13(17-18)15(2,3)4/h7-16,22-23,26H,17-21H2,1-6H3,(H2,37,38,43);3-8,14,16H,9-13,22H2,1-2H3;5-9H,1-4H3. The smallest absolute Gasteiger partial charge is 0.324 e. The van der Waals surface area contributed by atoms with Gasteiger partial charge >= 0.3 is 6.03 Å². The van der Waals surface area contributed by atoms with Gasteiger partial charge in [0.25, 0.3) is 11.8 Å². The summed E-state index contributed by atoms with van der Waals surface area (Å²) in [4.78, 5) is 57.2. The number of carbonyl (C=O) groups excluding carboxylic acids is 4. The average Bonchev–Trinajstić information content (AvgIpc) is 1.72. The number of carbonyl (C=O) groups is 3. The summed E-state index contributed by atoms with van der Waals surface area (Å²) in [5.74, 6) is 4.61. The zero-order chi connectivity index (χ0) is 64.7. The molecule has 4 amide bonds. The third-order valence-corrected chi connectivity index (χ3v) is 16.2. The molecule has 2 aromatic heterocycles. The summed E-state index contributed by atoms with van der Waals surface area (Å²) in [6.45, 7) is 19.5. The highest BCUT2D eigenvalue weighted by Crippen LogP contribution is 2.33. The van der Waals surface area contributed by atoms with Gasteiger partial charge in [-0.25, -0.2) is 19.0 Å². The molecular weight excluding hydrogens is 1130 g/mol. The first kappa shape index (κ1) is 66.3. The maximum Gasteiger partial charge on any atom is 0.324 e. The number of hydrogen-bond acceptors (Lipinski definition) is 12. The van der Waals surface area contributed by atoms with Gasteiger partial charge in [-0.05, 0) is 148 Å². The lowest BCUT2D eigenvalue weighted by Gasteiger charge is -2.32. The molecular formula is C72H86N10O8. The minimum absolute atomic E-state index is 0.0156. The quantitative estimate of drug-likeness (QED) is 0.0499. The number of isocyanates is 1. The number of likely N-dealkylation sites (tertiary alicyclic amines) is 2. The number of ether oxygens (including phenoxy) is 4. The van der Waals surface area contributed by atoms with Gasteiger partial charge in [-0.3, -0.25) is 14.9 Å². The molecule has 472 valence electrons. The number of rotatable bonds is 15.